The zero-order valence-electron chi connectivity index (χ0n) is 4.37. The quantitative estimate of drug-likeness (QED) is 0.403. The van der Waals surface area contributed by atoms with E-state index in [0.29, 0.717) is 5.92 Å². The van der Waals surface area contributed by atoms with Gasteiger partial charge in [0.1, 0.15) is 0 Å². The van der Waals surface area contributed by atoms with Crippen LogP contribution in [0.5, 0.6) is 0 Å². The van der Waals surface area contributed by atoms with E-state index in [4.69, 9.17) is 11.6 Å². The van der Waals surface area contributed by atoms with Crippen molar-refractivity contribution in [3.05, 3.63) is 0 Å². The van der Waals surface area contributed by atoms with Gasteiger partial charge in [0.25, 0.3) is 0 Å². The number of alkyl halides is 1. The smallest absolute Gasteiger partial charge is 0.0246 e. The molecule has 0 heterocycles. The molecule has 0 aliphatic carbocycles. The van der Waals surface area contributed by atoms with Crippen LogP contribution >= 0.6 is 11.6 Å². The summed E-state index contributed by atoms with van der Waals surface area (Å²) in [6.45, 7) is 4.18. The van der Waals surface area contributed by atoms with Crippen molar-refractivity contribution in [2.45, 2.75) is 13.8 Å². The number of halogens is 1. The molecule has 0 amide bonds. The molecular formula is C4H9ClZn. The first-order valence-corrected chi connectivity index (χ1v) is 2.36. The third-order valence-electron chi connectivity index (χ3n) is 0.309. The van der Waals surface area contributed by atoms with E-state index in [2.05, 4.69) is 13.8 Å². The summed E-state index contributed by atoms with van der Waals surface area (Å²) in [6.07, 6.45) is 0. The van der Waals surface area contributed by atoms with E-state index in [0.717, 1.165) is 5.88 Å². The maximum atomic E-state index is 5.34. The van der Waals surface area contributed by atoms with Gasteiger partial charge in [0.2, 0.25) is 0 Å². The molecule has 0 aromatic carbocycles. The van der Waals surface area contributed by atoms with Crippen molar-refractivity contribution >= 4 is 11.6 Å². The molecule has 0 bridgehead atoms. The van der Waals surface area contributed by atoms with E-state index in [9.17, 15) is 0 Å². The molecule has 0 aliphatic heterocycles. The van der Waals surface area contributed by atoms with Gasteiger partial charge in [0, 0.05) is 25.4 Å². The monoisotopic (exact) mass is 156 g/mol. The second-order valence-corrected chi connectivity index (χ2v) is 1.86. The van der Waals surface area contributed by atoms with Crippen LogP contribution in [0.4, 0.5) is 0 Å². The van der Waals surface area contributed by atoms with Crippen LogP contribution in [0.3, 0.4) is 0 Å². The maximum Gasteiger partial charge on any atom is 0.0246 e. The van der Waals surface area contributed by atoms with Gasteiger partial charge >= 0.3 is 0 Å². The van der Waals surface area contributed by atoms with E-state index in [-0.39, 0.29) is 19.5 Å². The van der Waals surface area contributed by atoms with Gasteiger partial charge in [0.05, 0.1) is 0 Å². The Labute approximate surface area is 57.0 Å². The molecule has 0 saturated heterocycles. The summed E-state index contributed by atoms with van der Waals surface area (Å²) in [5.74, 6) is 1.43. The van der Waals surface area contributed by atoms with E-state index in [1.807, 2.05) is 0 Å². The molecule has 2 heteroatoms. The van der Waals surface area contributed by atoms with Crippen LogP contribution < -0.4 is 0 Å². The fraction of sp³-hybridized carbons (Fsp3) is 1.00. The minimum atomic E-state index is 0. The summed E-state index contributed by atoms with van der Waals surface area (Å²) >= 11 is 5.34. The van der Waals surface area contributed by atoms with Crippen molar-refractivity contribution in [1.82, 2.24) is 0 Å². The van der Waals surface area contributed by atoms with Gasteiger partial charge < -0.3 is 0 Å². The molecule has 0 N–H and O–H groups in total. The van der Waals surface area contributed by atoms with Crippen LogP contribution in [-0.2, 0) is 19.5 Å². The molecular weight excluding hydrogens is 149 g/mol. The second kappa shape index (κ2) is 5.91. The average Bonchev–Trinajstić information content (AvgIpc) is 1.38. The number of rotatable bonds is 1. The van der Waals surface area contributed by atoms with Gasteiger partial charge in [0.15, 0.2) is 0 Å². The van der Waals surface area contributed by atoms with Gasteiger partial charge in [-0.1, -0.05) is 13.8 Å². The standard InChI is InChI=1S/C4H9Cl.Zn/c1-4(2)3-5;/h4H,3H2,1-2H3;. The maximum absolute atomic E-state index is 5.34. The molecule has 0 fully saturated rings. The zero-order valence-corrected chi connectivity index (χ0v) is 8.09. The summed E-state index contributed by atoms with van der Waals surface area (Å²) < 4.78 is 0. The Hall–Kier alpha value is 0.913. The van der Waals surface area contributed by atoms with Crippen molar-refractivity contribution in [1.29, 1.82) is 0 Å². The Balaban J connectivity index is 0. The number of hydrogen-bond acceptors (Lipinski definition) is 0. The first kappa shape index (κ1) is 10.0. The van der Waals surface area contributed by atoms with E-state index < -0.39 is 0 Å². The molecule has 6 heavy (non-hydrogen) atoms. The molecule has 34 valence electrons. The third-order valence-corrected chi connectivity index (χ3v) is 0.926. The molecule has 0 nitrogen and oxygen atoms in total. The first-order chi connectivity index (χ1) is 2.27. The second-order valence-electron chi connectivity index (χ2n) is 1.55. The normalized spacial score (nSPS) is 8.00. The SMILES string of the molecule is CC(C)CCl.[Zn]. The average molecular weight is 158 g/mol. The fourth-order valence-corrected chi connectivity index (χ4v) is 0. The zero-order chi connectivity index (χ0) is 4.28. The van der Waals surface area contributed by atoms with Crippen molar-refractivity contribution < 1.29 is 19.5 Å². The molecule has 0 spiro atoms. The Morgan fingerprint density at radius 3 is 1.67 bits per heavy atom. The minimum absolute atomic E-state index is 0. The molecule has 0 unspecified atom stereocenters. The molecule has 0 saturated carbocycles. The molecule has 0 radical (unpaired) electrons. The predicted octanol–water partition coefficient (Wildman–Crippen LogP) is 1.88. The minimum Gasteiger partial charge on any atom is -0.126 e. The Bertz CT molecular complexity index is 21.5. The molecule has 0 atom stereocenters. The van der Waals surface area contributed by atoms with Crippen molar-refractivity contribution in [3.63, 3.8) is 0 Å². The van der Waals surface area contributed by atoms with Crippen molar-refractivity contribution in [3.8, 4) is 0 Å². The summed E-state index contributed by atoms with van der Waals surface area (Å²) in [4.78, 5) is 0. The van der Waals surface area contributed by atoms with Gasteiger partial charge in [-0.15, -0.1) is 11.6 Å². The van der Waals surface area contributed by atoms with E-state index >= 15 is 0 Å². The Kier molecular flexibility index (Phi) is 9.87. The van der Waals surface area contributed by atoms with Crippen LogP contribution in [-0.4, -0.2) is 5.88 Å². The third kappa shape index (κ3) is 8.87. The van der Waals surface area contributed by atoms with Crippen LogP contribution in [0, 0.1) is 5.92 Å². The molecule has 0 rings (SSSR count). The largest absolute Gasteiger partial charge is 0.126 e. The summed E-state index contributed by atoms with van der Waals surface area (Å²) in [5.41, 5.74) is 0. The summed E-state index contributed by atoms with van der Waals surface area (Å²) in [5, 5.41) is 0. The molecule has 0 aliphatic rings. The summed E-state index contributed by atoms with van der Waals surface area (Å²) in [6, 6.07) is 0. The number of hydrogen-bond donors (Lipinski definition) is 0. The van der Waals surface area contributed by atoms with Gasteiger partial charge in [-0.3, -0.25) is 0 Å². The topological polar surface area (TPSA) is 0 Å². The van der Waals surface area contributed by atoms with Crippen LogP contribution in [0.2, 0.25) is 0 Å². The summed E-state index contributed by atoms with van der Waals surface area (Å²) in [7, 11) is 0. The predicted molar refractivity (Wildman–Crippen MR) is 25.6 cm³/mol. The van der Waals surface area contributed by atoms with Crippen LogP contribution in [0.25, 0.3) is 0 Å². The van der Waals surface area contributed by atoms with Crippen LogP contribution in [0.1, 0.15) is 13.8 Å². The fourth-order valence-electron chi connectivity index (χ4n) is 0. The Morgan fingerprint density at radius 2 is 1.67 bits per heavy atom. The Morgan fingerprint density at radius 1 is 1.50 bits per heavy atom. The first-order valence-electron chi connectivity index (χ1n) is 1.83. The molecule has 0 aromatic rings. The van der Waals surface area contributed by atoms with Gasteiger partial charge in [-0.25, -0.2) is 0 Å². The molecule has 0 aromatic heterocycles. The van der Waals surface area contributed by atoms with Crippen molar-refractivity contribution in [2.24, 2.45) is 5.92 Å². The van der Waals surface area contributed by atoms with Crippen molar-refractivity contribution in [2.75, 3.05) is 5.88 Å². The van der Waals surface area contributed by atoms with E-state index in [1.165, 1.54) is 0 Å². The van der Waals surface area contributed by atoms with Crippen LogP contribution in [0.15, 0.2) is 0 Å². The van der Waals surface area contributed by atoms with E-state index in [1.54, 1.807) is 0 Å². The van der Waals surface area contributed by atoms with Gasteiger partial charge in [-0.05, 0) is 5.92 Å². The van der Waals surface area contributed by atoms with Gasteiger partial charge in [-0.2, -0.15) is 0 Å².